The van der Waals surface area contributed by atoms with Crippen LogP contribution in [-0.4, -0.2) is 53.8 Å². The van der Waals surface area contributed by atoms with Crippen molar-refractivity contribution in [2.75, 3.05) is 32.1 Å². The van der Waals surface area contributed by atoms with Crippen molar-refractivity contribution in [3.63, 3.8) is 0 Å². The Morgan fingerprint density at radius 1 is 1.55 bits per heavy atom. The number of hydrogen-bond acceptors (Lipinski definition) is 4. The smallest absolute Gasteiger partial charge is 0.395 e. The number of anilines is 1. The van der Waals surface area contributed by atoms with Crippen molar-refractivity contribution in [3.05, 3.63) is 22.8 Å². The second-order valence-corrected chi connectivity index (χ2v) is 4.28. The van der Waals surface area contributed by atoms with E-state index in [0.717, 1.165) is 6.20 Å². The molecule has 0 aliphatic rings. The van der Waals surface area contributed by atoms with Gasteiger partial charge in [0, 0.05) is 19.8 Å². The molecule has 9 heteroatoms. The van der Waals surface area contributed by atoms with E-state index < -0.39 is 31.8 Å². The lowest BCUT2D eigenvalue weighted by molar-refractivity contribution is -0.141. The molecule has 2 N–H and O–H groups in total. The summed E-state index contributed by atoms with van der Waals surface area (Å²) in [7, 11) is 1.57. The van der Waals surface area contributed by atoms with Crippen LogP contribution in [0.4, 0.5) is 19.0 Å². The molecule has 5 nitrogen and oxygen atoms in total. The molecule has 0 fully saturated rings. The number of aliphatic hydroxyl groups excluding tert-OH is 1. The lowest BCUT2D eigenvalue weighted by atomic mass is 10.2. The van der Waals surface area contributed by atoms with Crippen molar-refractivity contribution in [1.82, 2.24) is 9.88 Å². The lowest BCUT2D eigenvalue weighted by Gasteiger charge is -2.23. The Hall–Kier alpha value is -1.54. The van der Waals surface area contributed by atoms with E-state index in [2.05, 4.69) is 10.3 Å². The van der Waals surface area contributed by atoms with Crippen molar-refractivity contribution in [2.45, 2.75) is 6.18 Å². The zero-order valence-corrected chi connectivity index (χ0v) is 11.3. The predicted octanol–water partition coefficient (Wildman–Crippen LogP) is 1.77. The average Bonchev–Trinajstić information content (AvgIpc) is 2.35. The molecule has 1 heterocycles. The number of pyridine rings is 1. The van der Waals surface area contributed by atoms with Gasteiger partial charge in [0.2, 0.25) is 0 Å². The molecule has 1 rings (SSSR count). The summed E-state index contributed by atoms with van der Waals surface area (Å²) < 4.78 is 37.1. The summed E-state index contributed by atoms with van der Waals surface area (Å²) in [5.74, 6) is -0.582. The van der Waals surface area contributed by atoms with Gasteiger partial charge in [-0.25, -0.2) is 4.98 Å². The van der Waals surface area contributed by atoms with E-state index in [-0.39, 0.29) is 10.6 Å². The highest BCUT2D eigenvalue weighted by molar-refractivity contribution is 6.33. The summed E-state index contributed by atoms with van der Waals surface area (Å²) in [6, 6.07) is 1.23. The number of aromatic nitrogens is 1. The van der Waals surface area contributed by atoms with Crippen LogP contribution in [0.5, 0.6) is 0 Å². The zero-order valence-electron chi connectivity index (χ0n) is 10.5. The van der Waals surface area contributed by atoms with Gasteiger partial charge in [-0.2, -0.15) is 13.2 Å². The second-order valence-electron chi connectivity index (χ2n) is 3.87. The largest absolute Gasteiger partial charge is 0.406 e. The van der Waals surface area contributed by atoms with Crippen molar-refractivity contribution in [1.29, 1.82) is 0 Å². The van der Waals surface area contributed by atoms with Crippen LogP contribution in [0.1, 0.15) is 10.4 Å². The van der Waals surface area contributed by atoms with Gasteiger partial charge in [0.25, 0.3) is 5.91 Å². The SMILES string of the molecule is CNc1ncc(C(=O)N(CCO)CC(F)(F)F)cc1Cl. The summed E-state index contributed by atoms with van der Waals surface area (Å²) in [6.07, 6.45) is -3.42. The summed E-state index contributed by atoms with van der Waals surface area (Å²) in [5, 5.41) is 11.5. The number of nitrogens with one attached hydrogen (secondary N) is 1. The summed E-state index contributed by atoms with van der Waals surface area (Å²) in [5.41, 5.74) is -0.0771. The maximum Gasteiger partial charge on any atom is 0.406 e. The fourth-order valence-corrected chi connectivity index (χ4v) is 1.77. The van der Waals surface area contributed by atoms with Crippen molar-refractivity contribution >= 4 is 23.3 Å². The minimum absolute atomic E-state index is 0.0771. The number of halogens is 4. The Morgan fingerprint density at radius 2 is 2.20 bits per heavy atom. The molecule has 0 radical (unpaired) electrons. The van der Waals surface area contributed by atoms with Crippen LogP contribution in [-0.2, 0) is 0 Å². The van der Waals surface area contributed by atoms with Crippen LogP contribution >= 0.6 is 11.6 Å². The minimum atomic E-state index is -4.55. The third kappa shape index (κ3) is 4.53. The highest BCUT2D eigenvalue weighted by atomic mass is 35.5. The first kappa shape index (κ1) is 16.5. The van der Waals surface area contributed by atoms with E-state index in [9.17, 15) is 18.0 Å². The maximum atomic E-state index is 12.4. The Balaban J connectivity index is 2.97. The molecule has 0 saturated carbocycles. The van der Waals surface area contributed by atoms with Crippen LogP contribution in [0.25, 0.3) is 0 Å². The number of nitrogens with zero attached hydrogens (tertiary/aromatic N) is 2. The van der Waals surface area contributed by atoms with Gasteiger partial charge in [-0.3, -0.25) is 4.79 Å². The van der Waals surface area contributed by atoms with Gasteiger partial charge in [0.15, 0.2) is 0 Å². The van der Waals surface area contributed by atoms with E-state index in [1.807, 2.05) is 0 Å². The molecule has 1 aromatic rings. The van der Waals surface area contributed by atoms with Gasteiger partial charge in [-0.1, -0.05) is 11.6 Å². The van der Waals surface area contributed by atoms with Gasteiger partial charge in [-0.15, -0.1) is 0 Å². The molecule has 0 bridgehead atoms. The van der Waals surface area contributed by atoms with E-state index in [4.69, 9.17) is 16.7 Å². The van der Waals surface area contributed by atoms with Crippen molar-refractivity contribution < 1.29 is 23.1 Å². The van der Waals surface area contributed by atoms with E-state index >= 15 is 0 Å². The minimum Gasteiger partial charge on any atom is -0.395 e. The second kappa shape index (κ2) is 6.76. The first-order valence-electron chi connectivity index (χ1n) is 5.58. The fourth-order valence-electron chi connectivity index (χ4n) is 1.51. The molecule has 0 aromatic carbocycles. The van der Waals surface area contributed by atoms with Crippen LogP contribution in [0.15, 0.2) is 12.3 Å². The zero-order chi connectivity index (χ0) is 15.3. The first-order valence-corrected chi connectivity index (χ1v) is 5.96. The first-order chi connectivity index (χ1) is 9.28. The van der Waals surface area contributed by atoms with Gasteiger partial charge in [0.1, 0.15) is 12.4 Å². The number of hydrogen-bond donors (Lipinski definition) is 2. The van der Waals surface area contributed by atoms with Gasteiger partial charge >= 0.3 is 6.18 Å². The predicted molar refractivity (Wildman–Crippen MR) is 67.8 cm³/mol. The van der Waals surface area contributed by atoms with Crippen LogP contribution in [0.3, 0.4) is 0 Å². The quantitative estimate of drug-likeness (QED) is 0.870. The van der Waals surface area contributed by atoms with Crippen molar-refractivity contribution in [3.8, 4) is 0 Å². The topological polar surface area (TPSA) is 65.5 Å². The summed E-state index contributed by atoms with van der Waals surface area (Å²) >= 11 is 5.82. The molecule has 0 atom stereocenters. The van der Waals surface area contributed by atoms with E-state index in [1.54, 1.807) is 7.05 Å². The number of carbonyl (C=O) groups excluding carboxylic acids is 1. The molecule has 0 aliphatic carbocycles. The molecule has 0 saturated heterocycles. The van der Waals surface area contributed by atoms with Crippen LogP contribution in [0.2, 0.25) is 5.02 Å². The lowest BCUT2D eigenvalue weighted by Crippen LogP contribution is -2.40. The van der Waals surface area contributed by atoms with E-state index in [0.29, 0.717) is 10.7 Å². The number of carbonyl (C=O) groups is 1. The van der Waals surface area contributed by atoms with Gasteiger partial charge < -0.3 is 15.3 Å². The molecule has 1 amide bonds. The fraction of sp³-hybridized carbons (Fsp3) is 0.455. The molecule has 0 unspecified atom stereocenters. The Kier molecular flexibility index (Phi) is 5.58. The average molecular weight is 312 g/mol. The third-order valence-electron chi connectivity index (χ3n) is 2.35. The standard InChI is InChI=1S/C11H13ClF3N3O2/c1-16-9-8(12)4-7(5-17-9)10(20)18(2-3-19)6-11(13,14)15/h4-5,19H,2-3,6H2,1H3,(H,16,17). The normalized spacial score (nSPS) is 11.3. The highest BCUT2D eigenvalue weighted by Gasteiger charge is 2.33. The monoisotopic (exact) mass is 311 g/mol. The van der Waals surface area contributed by atoms with Crippen LogP contribution in [0, 0.1) is 0 Å². The molecular formula is C11H13ClF3N3O2. The van der Waals surface area contributed by atoms with Gasteiger partial charge in [-0.05, 0) is 6.07 Å². The van der Waals surface area contributed by atoms with E-state index in [1.165, 1.54) is 6.07 Å². The molecule has 0 spiro atoms. The van der Waals surface area contributed by atoms with Crippen LogP contribution < -0.4 is 5.32 Å². The maximum absolute atomic E-state index is 12.4. The summed E-state index contributed by atoms with van der Waals surface area (Å²) in [4.78, 5) is 16.3. The summed E-state index contributed by atoms with van der Waals surface area (Å²) in [6.45, 7) is -2.45. The number of aliphatic hydroxyl groups is 1. The third-order valence-corrected chi connectivity index (χ3v) is 2.64. The Labute approximate surface area is 118 Å². The van der Waals surface area contributed by atoms with Crippen molar-refractivity contribution in [2.24, 2.45) is 0 Å². The molecule has 1 aromatic heterocycles. The van der Waals surface area contributed by atoms with Gasteiger partial charge in [0.05, 0.1) is 17.2 Å². The molecule has 112 valence electrons. The molecule has 20 heavy (non-hydrogen) atoms. The molecular weight excluding hydrogens is 299 g/mol. The highest BCUT2D eigenvalue weighted by Crippen LogP contribution is 2.22. The number of alkyl halides is 3. The Morgan fingerprint density at radius 3 is 2.65 bits per heavy atom. The Bertz CT molecular complexity index is 482. The molecule has 0 aliphatic heterocycles. The number of rotatable bonds is 5. The number of amides is 1.